The van der Waals surface area contributed by atoms with Crippen LogP contribution in [-0.4, -0.2) is 29.9 Å². The van der Waals surface area contributed by atoms with Gasteiger partial charge in [0.1, 0.15) is 0 Å². The number of unbranched alkanes of at least 4 members (excludes halogenated alkanes) is 6. The van der Waals surface area contributed by atoms with Gasteiger partial charge in [0.25, 0.3) is 0 Å². The van der Waals surface area contributed by atoms with Gasteiger partial charge < -0.3 is 4.90 Å². The lowest BCUT2D eigenvalue weighted by atomic mass is 9.81. The minimum Gasteiger partial charge on any atom is -0.355 e. The van der Waals surface area contributed by atoms with Gasteiger partial charge in [-0.1, -0.05) is 78.6 Å². The third kappa shape index (κ3) is 7.35. The Kier molecular flexibility index (Phi) is 13.1. The Morgan fingerprint density at radius 3 is 1.82 bits per heavy atom. The maximum Gasteiger partial charge on any atom is 0.0855 e. The standard InChI is InChI=1S/C19H38N2.ClH/c1-4-7-9-11-14-19(13-6-3,15-12-10-8-5-2)21-17-16-20-18-21;/h18H,4-17H2,1-3H3;1H. The van der Waals surface area contributed by atoms with Gasteiger partial charge in [0.2, 0.25) is 0 Å². The summed E-state index contributed by atoms with van der Waals surface area (Å²) in [5.41, 5.74) is 0.413. The number of nitrogens with zero attached hydrogens (tertiary/aromatic N) is 2. The predicted octanol–water partition coefficient (Wildman–Crippen LogP) is 6.23. The molecular formula is C19H39ClN2. The molecule has 0 saturated carbocycles. The number of rotatable bonds is 13. The highest BCUT2D eigenvalue weighted by Gasteiger charge is 2.34. The zero-order valence-electron chi connectivity index (χ0n) is 15.3. The molecule has 0 aliphatic carbocycles. The summed E-state index contributed by atoms with van der Waals surface area (Å²) >= 11 is 0. The van der Waals surface area contributed by atoms with Crippen LogP contribution < -0.4 is 0 Å². The average Bonchev–Trinajstić information content (AvgIpc) is 3.03. The molecule has 0 saturated heterocycles. The smallest absolute Gasteiger partial charge is 0.0855 e. The van der Waals surface area contributed by atoms with Gasteiger partial charge in [-0.3, -0.25) is 4.99 Å². The Balaban J connectivity index is 0.00000441. The largest absolute Gasteiger partial charge is 0.355 e. The highest BCUT2D eigenvalue weighted by Crippen LogP contribution is 2.34. The van der Waals surface area contributed by atoms with Crippen LogP contribution in [0.4, 0.5) is 0 Å². The van der Waals surface area contributed by atoms with Gasteiger partial charge >= 0.3 is 0 Å². The van der Waals surface area contributed by atoms with Gasteiger partial charge in [-0.05, 0) is 19.3 Å². The molecule has 22 heavy (non-hydrogen) atoms. The summed E-state index contributed by atoms with van der Waals surface area (Å²) in [5.74, 6) is 0. The SMILES string of the molecule is CCCCCCC(CCC)(CCCCCC)N1C=NCC1.Cl. The van der Waals surface area contributed by atoms with E-state index in [1.165, 1.54) is 77.0 Å². The van der Waals surface area contributed by atoms with Crippen molar-refractivity contribution < 1.29 is 0 Å². The van der Waals surface area contributed by atoms with Gasteiger partial charge in [0.15, 0.2) is 0 Å². The van der Waals surface area contributed by atoms with E-state index in [0.717, 1.165) is 13.1 Å². The molecule has 2 nitrogen and oxygen atoms in total. The maximum atomic E-state index is 4.50. The molecule has 0 aromatic rings. The number of aliphatic imine (C=N–C) groups is 1. The molecule has 0 aromatic carbocycles. The molecule has 0 spiro atoms. The van der Waals surface area contributed by atoms with Crippen molar-refractivity contribution in [1.29, 1.82) is 0 Å². The zero-order chi connectivity index (χ0) is 15.4. The van der Waals surface area contributed by atoms with E-state index in [2.05, 4.69) is 37.0 Å². The number of hydrogen-bond donors (Lipinski definition) is 0. The minimum atomic E-state index is 0. The summed E-state index contributed by atoms with van der Waals surface area (Å²) in [4.78, 5) is 7.11. The Hall–Kier alpha value is -0.240. The van der Waals surface area contributed by atoms with Crippen LogP contribution in [-0.2, 0) is 0 Å². The van der Waals surface area contributed by atoms with E-state index in [0.29, 0.717) is 5.54 Å². The second-order valence-electron chi connectivity index (χ2n) is 6.81. The van der Waals surface area contributed by atoms with Crippen LogP contribution in [0.3, 0.4) is 0 Å². The molecule has 1 aliphatic rings. The van der Waals surface area contributed by atoms with Gasteiger partial charge in [-0.15, -0.1) is 12.4 Å². The van der Waals surface area contributed by atoms with E-state index in [-0.39, 0.29) is 12.4 Å². The van der Waals surface area contributed by atoms with E-state index in [9.17, 15) is 0 Å². The summed E-state index contributed by atoms with van der Waals surface area (Å²) in [7, 11) is 0. The molecule has 1 rings (SSSR count). The Morgan fingerprint density at radius 1 is 0.818 bits per heavy atom. The van der Waals surface area contributed by atoms with Crippen molar-refractivity contribution in [3.8, 4) is 0 Å². The molecular weight excluding hydrogens is 292 g/mol. The summed E-state index contributed by atoms with van der Waals surface area (Å²) in [5, 5.41) is 0. The molecule has 0 radical (unpaired) electrons. The van der Waals surface area contributed by atoms with Crippen molar-refractivity contribution in [3.63, 3.8) is 0 Å². The van der Waals surface area contributed by atoms with E-state index < -0.39 is 0 Å². The van der Waals surface area contributed by atoms with Crippen LogP contribution in [0.1, 0.15) is 97.8 Å². The van der Waals surface area contributed by atoms with Gasteiger partial charge in [0, 0.05) is 12.1 Å². The highest BCUT2D eigenvalue weighted by atomic mass is 35.5. The quantitative estimate of drug-likeness (QED) is 0.365. The van der Waals surface area contributed by atoms with Crippen LogP contribution in [0.25, 0.3) is 0 Å². The molecule has 0 aromatic heterocycles. The molecule has 1 aliphatic heterocycles. The van der Waals surface area contributed by atoms with Crippen molar-refractivity contribution in [1.82, 2.24) is 4.90 Å². The molecule has 0 atom stereocenters. The molecule has 0 amide bonds. The average molecular weight is 331 g/mol. The summed E-state index contributed by atoms with van der Waals surface area (Å²) in [6, 6.07) is 0. The normalized spacial score (nSPS) is 14.4. The molecule has 0 fully saturated rings. The van der Waals surface area contributed by atoms with Crippen LogP contribution in [0.5, 0.6) is 0 Å². The Labute approximate surface area is 145 Å². The van der Waals surface area contributed by atoms with Gasteiger partial charge in [-0.2, -0.15) is 0 Å². The minimum absolute atomic E-state index is 0. The third-order valence-corrected chi connectivity index (χ3v) is 5.01. The highest BCUT2D eigenvalue weighted by molar-refractivity contribution is 5.85. The molecule has 0 unspecified atom stereocenters. The fraction of sp³-hybridized carbons (Fsp3) is 0.947. The third-order valence-electron chi connectivity index (χ3n) is 5.01. The Morgan fingerprint density at radius 2 is 1.41 bits per heavy atom. The maximum absolute atomic E-state index is 4.50. The topological polar surface area (TPSA) is 15.6 Å². The molecule has 0 bridgehead atoms. The first-order chi connectivity index (χ1) is 10.3. The lowest BCUT2D eigenvalue weighted by molar-refractivity contribution is 0.138. The van der Waals surface area contributed by atoms with Crippen molar-refractivity contribution >= 4 is 18.7 Å². The van der Waals surface area contributed by atoms with E-state index in [4.69, 9.17) is 0 Å². The number of halogens is 1. The summed E-state index contributed by atoms with van der Waals surface area (Å²) in [6.07, 6.45) is 18.6. The summed E-state index contributed by atoms with van der Waals surface area (Å²) in [6.45, 7) is 9.12. The first-order valence-electron chi connectivity index (χ1n) is 9.55. The van der Waals surface area contributed by atoms with Crippen LogP contribution in [0, 0.1) is 0 Å². The lowest BCUT2D eigenvalue weighted by Crippen LogP contribution is -2.47. The van der Waals surface area contributed by atoms with Crippen molar-refractivity contribution in [2.75, 3.05) is 13.1 Å². The van der Waals surface area contributed by atoms with Crippen molar-refractivity contribution in [2.24, 2.45) is 4.99 Å². The predicted molar refractivity (Wildman–Crippen MR) is 102 cm³/mol. The van der Waals surface area contributed by atoms with Crippen LogP contribution in [0.15, 0.2) is 4.99 Å². The molecule has 1 heterocycles. The van der Waals surface area contributed by atoms with Gasteiger partial charge in [0.05, 0.1) is 12.9 Å². The van der Waals surface area contributed by atoms with E-state index >= 15 is 0 Å². The van der Waals surface area contributed by atoms with Crippen LogP contribution in [0.2, 0.25) is 0 Å². The van der Waals surface area contributed by atoms with Crippen molar-refractivity contribution in [2.45, 2.75) is 103 Å². The van der Waals surface area contributed by atoms with Gasteiger partial charge in [-0.25, -0.2) is 0 Å². The fourth-order valence-electron chi connectivity index (χ4n) is 3.77. The molecule has 0 N–H and O–H groups in total. The van der Waals surface area contributed by atoms with Crippen molar-refractivity contribution in [3.05, 3.63) is 0 Å². The fourth-order valence-corrected chi connectivity index (χ4v) is 3.77. The second kappa shape index (κ2) is 13.2. The molecule has 3 heteroatoms. The van der Waals surface area contributed by atoms with Crippen LogP contribution >= 0.6 is 12.4 Å². The second-order valence-corrected chi connectivity index (χ2v) is 6.81. The first kappa shape index (κ1) is 21.8. The number of hydrogen-bond acceptors (Lipinski definition) is 2. The zero-order valence-corrected chi connectivity index (χ0v) is 16.1. The first-order valence-corrected chi connectivity index (χ1v) is 9.55. The Bertz CT molecular complexity index is 267. The monoisotopic (exact) mass is 330 g/mol. The lowest BCUT2D eigenvalue weighted by Gasteiger charge is -2.42. The summed E-state index contributed by atoms with van der Waals surface area (Å²) < 4.78 is 0. The van der Waals surface area contributed by atoms with E-state index in [1.54, 1.807) is 0 Å². The molecule has 132 valence electrons. The van der Waals surface area contributed by atoms with E-state index in [1.807, 2.05) is 0 Å².